The number of aromatic nitrogens is 1. The number of carbonyl (C=O) groups is 1. The lowest BCUT2D eigenvalue weighted by Crippen LogP contribution is -2.31. The molecular weight excluding hydrogens is 304 g/mol. The van der Waals surface area contributed by atoms with Gasteiger partial charge in [0.2, 0.25) is 5.91 Å². The fourth-order valence-corrected chi connectivity index (χ4v) is 3.33. The number of likely N-dealkylation sites (N-methyl/N-ethyl adjacent to an activating group) is 1. The summed E-state index contributed by atoms with van der Waals surface area (Å²) < 4.78 is 0. The number of carbonyl (C=O) groups excluding carboxylic acids is 1. The maximum absolute atomic E-state index is 12.6. The molecule has 0 bridgehead atoms. The van der Waals surface area contributed by atoms with E-state index < -0.39 is 0 Å². The van der Waals surface area contributed by atoms with E-state index in [4.69, 9.17) is 0 Å². The van der Waals surface area contributed by atoms with Crippen molar-refractivity contribution in [1.29, 1.82) is 0 Å². The summed E-state index contributed by atoms with van der Waals surface area (Å²) in [6.45, 7) is 2.60. The molecule has 4 heteroatoms. The SMILES string of the molecule is CCN(C(=O)Cc1ccccc1)c1nc(-c2ccccc2)cs1. The zero-order valence-corrected chi connectivity index (χ0v) is 13.8. The second-order valence-corrected chi connectivity index (χ2v) is 6.02. The van der Waals surface area contributed by atoms with Crippen molar-refractivity contribution in [2.45, 2.75) is 13.3 Å². The topological polar surface area (TPSA) is 33.2 Å². The second-order valence-electron chi connectivity index (χ2n) is 5.18. The van der Waals surface area contributed by atoms with Crippen molar-refractivity contribution in [2.24, 2.45) is 0 Å². The molecule has 1 amide bonds. The highest BCUT2D eigenvalue weighted by Crippen LogP contribution is 2.27. The zero-order chi connectivity index (χ0) is 16.1. The van der Waals surface area contributed by atoms with Gasteiger partial charge in [0.05, 0.1) is 12.1 Å². The molecule has 0 aliphatic carbocycles. The van der Waals surface area contributed by atoms with Crippen molar-refractivity contribution in [3.05, 3.63) is 71.6 Å². The summed E-state index contributed by atoms with van der Waals surface area (Å²) in [6.07, 6.45) is 0.398. The van der Waals surface area contributed by atoms with Crippen LogP contribution in [0.15, 0.2) is 66.0 Å². The lowest BCUT2D eigenvalue weighted by Gasteiger charge is -2.17. The molecule has 116 valence electrons. The summed E-state index contributed by atoms with van der Waals surface area (Å²) in [5.41, 5.74) is 3.01. The van der Waals surface area contributed by atoms with Gasteiger partial charge in [-0.15, -0.1) is 11.3 Å². The molecule has 3 nitrogen and oxygen atoms in total. The first-order chi connectivity index (χ1) is 11.3. The summed E-state index contributed by atoms with van der Waals surface area (Å²) in [4.78, 5) is 19.0. The molecule has 0 N–H and O–H groups in total. The van der Waals surface area contributed by atoms with Crippen LogP contribution < -0.4 is 4.90 Å². The van der Waals surface area contributed by atoms with Crippen molar-refractivity contribution in [3.63, 3.8) is 0 Å². The molecule has 3 aromatic rings. The highest BCUT2D eigenvalue weighted by atomic mass is 32.1. The van der Waals surface area contributed by atoms with Crippen molar-refractivity contribution in [3.8, 4) is 11.3 Å². The minimum atomic E-state index is 0.0765. The molecule has 0 unspecified atom stereocenters. The third kappa shape index (κ3) is 3.66. The maximum atomic E-state index is 12.6. The highest BCUT2D eigenvalue weighted by molar-refractivity contribution is 7.14. The van der Waals surface area contributed by atoms with Crippen molar-refractivity contribution in [2.75, 3.05) is 11.4 Å². The number of thiazole rings is 1. The molecule has 0 atom stereocenters. The normalized spacial score (nSPS) is 10.5. The Labute approximate surface area is 140 Å². The first kappa shape index (κ1) is 15.4. The molecule has 1 heterocycles. The van der Waals surface area contributed by atoms with E-state index in [1.165, 1.54) is 11.3 Å². The van der Waals surface area contributed by atoms with E-state index in [1.807, 2.05) is 73.0 Å². The van der Waals surface area contributed by atoms with Gasteiger partial charge < -0.3 is 0 Å². The van der Waals surface area contributed by atoms with Gasteiger partial charge in [-0.2, -0.15) is 0 Å². The fraction of sp³-hybridized carbons (Fsp3) is 0.158. The number of anilines is 1. The van der Waals surface area contributed by atoms with Crippen molar-refractivity contribution >= 4 is 22.4 Å². The third-order valence-electron chi connectivity index (χ3n) is 3.61. The Bertz CT molecular complexity index is 768. The van der Waals surface area contributed by atoms with Gasteiger partial charge in [0, 0.05) is 17.5 Å². The average Bonchev–Trinajstić information content (AvgIpc) is 3.07. The van der Waals surface area contributed by atoms with Crippen LogP contribution in [-0.2, 0) is 11.2 Å². The number of hydrogen-bond acceptors (Lipinski definition) is 3. The van der Waals surface area contributed by atoms with Crippen LogP contribution >= 0.6 is 11.3 Å². The van der Waals surface area contributed by atoms with Gasteiger partial charge in [0.15, 0.2) is 5.13 Å². The molecule has 2 aromatic carbocycles. The lowest BCUT2D eigenvalue weighted by molar-refractivity contribution is -0.117. The van der Waals surface area contributed by atoms with E-state index >= 15 is 0 Å². The Morgan fingerprint density at radius 1 is 1.04 bits per heavy atom. The van der Waals surface area contributed by atoms with Gasteiger partial charge in [0.1, 0.15) is 0 Å². The number of benzene rings is 2. The first-order valence-corrected chi connectivity index (χ1v) is 8.51. The van der Waals surface area contributed by atoms with E-state index in [9.17, 15) is 4.79 Å². The summed E-state index contributed by atoms with van der Waals surface area (Å²) in [6, 6.07) is 19.8. The molecule has 0 fully saturated rings. The Hall–Kier alpha value is -2.46. The van der Waals surface area contributed by atoms with Gasteiger partial charge >= 0.3 is 0 Å². The number of hydrogen-bond donors (Lipinski definition) is 0. The zero-order valence-electron chi connectivity index (χ0n) is 13.0. The highest BCUT2D eigenvalue weighted by Gasteiger charge is 2.18. The van der Waals surface area contributed by atoms with Gasteiger partial charge in [-0.1, -0.05) is 60.7 Å². The molecule has 0 radical (unpaired) electrons. The van der Waals surface area contributed by atoms with Crippen LogP contribution in [0.2, 0.25) is 0 Å². The van der Waals surface area contributed by atoms with E-state index in [0.717, 1.165) is 22.0 Å². The molecule has 0 aliphatic rings. The summed E-state index contributed by atoms with van der Waals surface area (Å²) >= 11 is 1.51. The van der Waals surface area contributed by atoms with Gasteiger partial charge in [-0.25, -0.2) is 4.98 Å². The quantitative estimate of drug-likeness (QED) is 0.697. The Morgan fingerprint density at radius 2 is 1.70 bits per heavy atom. The summed E-state index contributed by atoms with van der Waals surface area (Å²) in [5, 5.41) is 2.76. The number of nitrogens with zero attached hydrogens (tertiary/aromatic N) is 2. The molecule has 1 aromatic heterocycles. The van der Waals surface area contributed by atoms with Crippen molar-refractivity contribution < 1.29 is 4.79 Å². The largest absolute Gasteiger partial charge is 0.288 e. The average molecular weight is 322 g/mol. The van der Waals surface area contributed by atoms with Gasteiger partial charge in [-0.05, 0) is 12.5 Å². The standard InChI is InChI=1S/C19H18N2OS/c1-2-21(18(22)13-15-9-5-3-6-10-15)19-20-17(14-23-19)16-11-7-4-8-12-16/h3-12,14H,2,13H2,1H3. The molecule has 0 spiro atoms. The number of amides is 1. The van der Waals surface area contributed by atoms with Crippen LogP contribution in [0.5, 0.6) is 0 Å². The molecule has 0 saturated carbocycles. The van der Waals surface area contributed by atoms with Crippen molar-refractivity contribution in [1.82, 2.24) is 4.98 Å². The molecule has 0 saturated heterocycles. The molecule has 23 heavy (non-hydrogen) atoms. The summed E-state index contributed by atoms with van der Waals surface area (Å²) in [5.74, 6) is 0.0765. The van der Waals surface area contributed by atoms with Gasteiger partial charge in [0.25, 0.3) is 0 Å². The predicted octanol–water partition coefficient (Wildman–Crippen LogP) is 4.41. The minimum Gasteiger partial charge on any atom is -0.288 e. The minimum absolute atomic E-state index is 0.0765. The van der Waals surface area contributed by atoms with Gasteiger partial charge in [-0.3, -0.25) is 9.69 Å². The van der Waals surface area contributed by atoms with Crippen LogP contribution in [-0.4, -0.2) is 17.4 Å². The monoisotopic (exact) mass is 322 g/mol. The predicted molar refractivity (Wildman–Crippen MR) is 95.7 cm³/mol. The maximum Gasteiger partial charge on any atom is 0.233 e. The molecule has 3 rings (SSSR count). The molecule has 0 aliphatic heterocycles. The lowest BCUT2D eigenvalue weighted by atomic mass is 10.1. The Morgan fingerprint density at radius 3 is 2.35 bits per heavy atom. The van der Waals surface area contributed by atoms with E-state index in [1.54, 1.807) is 4.90 Å². The Balaban J connectivity index is 1.78. The smallest absolute Gasteiger partial charge is 0.233 e. The van der Waals surface area contributed by atoms with Crippen LogP contribution in [0.4, 0.5) is 5.13 Å². The summed E-state index contributed by atoms with van der Waals surface area (Å²) in [7, 11) is 0. The van der Waals surface area contributed by atoms with Crippen LogP contribution in [0.1, 0.15) is 12.5 Å². The van der Waals surface area contributed by atoms with Crippen LogP contribution in [0.3, 0.4) is 0 Å². The van der Waals surface area contributed by atoms with E-state index in [-0.39, 0.29) is 5.91 Å². The van der Waals surface area contributed by atoms with E-state index in [2.05, 4.69) is 4.98 Å². The second kappa shape index (κ2) is 7.20. The first-order valence-electron chi connectivity index (χ1n) is 7.63. The van der Waals surface area contributed by atoms with Crippen LogP contribution in [0.25, 0.3) is 11.3 Å². The van der Waals surface area contributed by atoms with E-state index in [0.29, 0.717) is 13.0 Å². The molecular formula is C19H18N2OS. The third-order valence-corrected chi connectivity index (χ3v) is 4.47. The van der Waals surface area contributed by atoms with Crippen LogP contribution in [0, 0.1) is 0 Å². The fourth-order valence-electron chi connectivity index (χ4n) is 2.41. The number of rotatable bonds is 5. The Kier molecular flexibility index (Phi) is 4.83.